The number of ether oxygens (including phenoxy) is 2. The highest BCUT2D eigenvalue weighted by molar-refractivity contribution is 7.92. The summed E-state index contributed by atoms with van der Waals surface area (Å²) >= 11 is 0. The molecular formula is C19H21F3N2O6S2. The first kappa shape index (κ1) is 24.1. The van der Waals surface area contributed by atoms with Gasteiger partial charge < -0.3 is 9.47 Å². The normalized spacial score (nSPS) is 15.5. The summed E-state index contributed by atoms with van der Waals surface area (Å²) in [4.78, 5) is -0.687. The fourth-order valence-corrected chi connectivity index (χ4v) is 5.93. The van der Waals surface area contributed by atoms with E-state index in [4.69, 9.17) is 4.74 Å². The molecule has 0 aliphatic carbocycles. The highest BCUT2D eigenvalue weighted by Crippen LogP contribution is 2.33. The predicted octanol–water partition coefficient (Wildman–Crippen LogP) is 3.57. The molecule has 1 aliphatic heterocycles. The third-order valence-corrected chi connectivity index (χ3v) is 7.83. The van der Waals surface area contributed by atoms with Crippen LogP contribution in [0.25, 0.3) is 0 Å². The predicted molar refractivity (Wildman–Crippen MR) is 110 cm³/mol. The first-order valence-electron chi connectivity index (χ1n) is 9.58. The molecule has 13 heteroatoms. The second-order valence-corrected chi connectivity index (χ2v) is 10.4. The SMILES string of the molecule is CCOc1ccc(NS(=O)(=O)c2cccc(OC(F)(F)F)c2)cc1S(=O)(=O)N1CCCC1. The molecule has 0 spiro atoms. The summed E-state index contributed by atoms with van der Waals surface area (Å²) in [6.45, 7) is 2.56. The third-order valence-electron chi connectivity index (χ3n) is 4.53. The van der Waals surface area contributed by atoms with Crippen LogP contribution in [0.15, 0.2) is 52.3 Å². The summed E-state index contributed by atoms with van der Waals surface area (Å²) in [5.74, 6) is -0.632. The van der Waals surface area contributed by atoms with E-state index < -0.39 is 37.1 Å². The van der Waals surface area contributed by atoms with E-state index in [1.165, 1.54) is 16.4 Å². The van der Waals surface area contributed by atoms with Gasteiger partial charge in [-0.1, -0.05) is 6.07 Å². The fourth-order valence-electron chi connectivity index (χ4n) is 3.17. The summed E-state index contributed by atoms with van der Waals surface area (Å²) in [5, 5.41) is 0. The van der Waals surface area contributed by atoms with Crippen LogP contribution in [0.4, 0.5) is 18.9 Å². The monoisotopic (exact) mass is 494 g/mol. The molecule has 0 bridgehead atoms. The molecule has 0 radical (unpaired) electrons. The molecule has 32 heavy (non-hydrogen) atoms. The van der Waals surface area contributed by atoms with Gasteiger partial charge in [-0.05, 0) is 50.1 Å². The zero-order valence-corrected chi connectivity index (χ0v) is 18.6. The molecule has 1 saturated heterocycles. The maximum Gasteiger partial charge on any atom is 0.573 e. The lowest BCUT2D eigenvalue weighted by atomic mass is 10.3. The summed E-state index contributed by atoms with van der Waals surface area (Å²) < 4.78 is 101. The van der Waals surface area contributed by atoms with Crippen LogP contribution >= 0.6 is 0 Å². The molecule has 176 valence electrons. The molecular weight excluding hydrogens is 473 g/mol. The molecule has 2 aromatic rings. The molecule has 3 rings (SSSR count). The Bertz CT molecular complexity index is 1180. The number of alkyl halides is 3. The van der Waals surface area contributed by atoms with Gasteiger partial charge in [0, 0.05) is 19.2 Å². The highest BCUT2D eigenvalue weighted by Gasteiger charge is 2.32. The number of rotatable bonds is 8. The van der Waals surface area contributed by atoms with Gasteiger partial charge in [0.2, 0.25) is 10.0 Å². The average molecular weight is 495 g/mol. The van der Waals surface area contributed by atoms with Crippen molar-refractivity contribution in [3.8, 4) is 11.5 Å². The molecule has 0 aromatic heterocycles. The van der Waals surface area contributed by atoms with Crippen LogP contribution in [0.5, 0.6) is 11.5 Å². The lowest BCUT2D eigenvalue weighted by Gasteiger charge is -2.19. The molecule has 2 aromatic carbocycles. The quantitative estimate of drug-likeness (QED) is 0.602. The number of anilines is 1. The van der Waals surface area contributed by atoms with Crippen LogP contribution < -0.4 is 14.2 Å². The lowest BCUT2D eigenvalue weighted by molar-refractivity contribution is -0.274. The molecule has 0 saturated carbocycles. The number of nitrogens with zero attached hydrogens (tertiary/aromatic N) is 1. The Kier molecular flexibility index (Phi) is 6.91. The van der Waals surface area contributed by atoms with Gasteiger partial charge in [0.25, 0.3) is 10.0 Å². The van der Waals surface area contributed by atoms with E-state index in [2.05, 4.69) is 9.46 Å². The number of sulfonamides is 2. The van der Waals surface area contributed by atoms with Gasteiger partial charge in [-0.2, -0.15) is 4.31 Å². The Morgan fingerprint density at radius 1 is 1.03 bits per heavy atom. The van der Waals surface area contributed by atoms with Gasteiger partial charge in [0.15, 0.2) is 0 Å². The van der Waals surface area contributed by atoms with Crippen molar-refractivity contribution in [1.29, 1.82) is 0 Å². The Morgan fingerprint density at radius 3 is 2.34 bits per heavy atom. The standard InChI is InChI=1S/C19H21F3N2O6S2/c1-2-29-17-9-8-14(12-18(17)32(27,28)24-10-3-4-11-24)23-31(25,26)16-7-5-6-15(13-16)30-19(20,21)22/h5-9,12-13,23H,2-4,10-11H2,1H3. The summed E-state index contributed by atoms with van der Waals surface area (Å²) in [5.41, 5.74) is -0.0895. The second-order valence-electron chi connectivity index (χ2n) is 6.83. The summed E-state index contributed by atoms with van der Waals surface area (Å²) in [6, 6.07) is 7.62. The van der Waals surface area contributed by atoms with E-state index in [1.54, 1.807) is 6.92 Å². The Morgan fingerprint density at radius 2 is 1.72 bits per heavy atom. The van der Waals surface area contributed by atoms with Crippen molar-refractivity contribution in [1.82, 2.24) is 4.31 Å². The molecule has 0 atom stereocenters. The number of hydrogen-bond acceptors (Lipinski definition) is 6. The topological polar surface area (TPSA) is 102 Å². The largest absolute Gasteiger partial charge is 0.573 e. The van der Waals surface area contributed by atoms with Crippen molar-refractivity contribution < 1.29 is 39.5 Å². The maximum absolute atomic E-state index is 13.0. The smallest absolute Gasteiger partial charge is 0.492 e. The van der Waals surface area contributed by atoms with Crippen LogP contribution in [0.1, 0.15) is 19.8 Å². The van der Waals surface area contributed by atoms with Gasteiger partial charge in [0.05, 0.1) is 17.2 Å². The minimum Gasteiger partial charge on any atom is -0.492 e. The van der Waals surface area contributed by atoms with Gasteiger partial charge in [-0.25, -0.2) is 16.8 Å². The lowest BCUT2D eigenvalue weighted by Crippen LogP contribution is -2.28. The van der Waals surface area contributed by atoms with E-state index in [9.17, 15) is 30.0 Å². The third kappa shape index (κ3) is 5.64. The highest BCUT2D eigenvalue weighted by atomic mass is 32.2. The second kappa shape index (κ2) is 9.16. The Balaban J connectivity index is 1.94. The van der Waals surface area contributed by atoms with Crippen LogP contribution in [0, 0.1) is 0 Å². The van der Waals surface area contributed by atoms with Gasteiger partial charge in [-0.15, -0.1) is 13.2 Å². The minimum absolute atomic E-state index is 0.0722. The van der Waals surface area contributed by atoms with Crippen molar-refractivity contribution in [2.75, 3.05) is 24.4 Å². The zero-order chi connectivity index (χ0) is 23.6. The molecule has 1 heterocycles. The average Bonchev–Trinajstić information content (AvgIpc) is 3.24. The van der Waals surface area contributed by atoms with Crippen molar-refractivity contribution in [2.24, 2.45) is 0 Å². The van der Waals surface area contributed by atoms with Crippen molar-refractivity contribution >= 4 is 25.7 Å². The Hall–Kier alpha value is -2.51. The number of nitrogens with one attached hydrogen (secondary N) is 1. The molecule has 1 aliphatic rings. The van der Waals surface area contributed by atoms with E-state index >= 15 is 0 Å². The number of hydrogen-bond donors (Lipinski definition) is 1. The number of benzene rings is 2. The van der Waals surface area contributed by atoms with Gasteiger partial charge in [-0.3, -0.25) is 4.72 Å². The van der Waals surface area contributed by atoms with Crippen molar-refractivity contribution in [2.45, 2.75) is 35.9 Å². The first-order valence-corrected chi connectivity index (χ1v) is 12.5. The van der Waals surface area contributed by atoms with Gasteiger partial charge >= 0.3 is 6.36 Å². The van der Waals surface area contributed by atoms with Gasteiger partial charge in [0.1, 0.15) is 16.4 Å². The molecule has 1 fully saturated rings. The van der Waals surface area contributed by atoms with Crippen molar-refractivity contribution in [3.63, 3.8) is 0 Å². The van der Waals surface area contributed by atoms with Crippen LogP contribution in [0.2, 0.25) is 0 Å². The zero-order valence-electron chi connectivity index (χ0n) is 16.9. The van der Waals surface area contributed by atoms with E-state index in [0.717, 1.165) is 24.3 Å². The van der Waals surface area contributed by atoms with Crippen LogP contribution in [-0.2, 0) is 20.0 Å². The molecule has 0 amide bonds. The summed E-state index contributed by atoms with van der Waals surface area (Å²) in [6.07, 6.45) is -3.55. The van der Waals surface area contributed by atoms with Crippen molar-refractivity contribution in [3.05, 3.63) is 42.5 Å². The first-order chi connectivity index (χ1) is 14.9. The van der Waals surface area contributed by atoms with E-state index in [1.807, 2.05) is 0 Å². The number of halogens is 3. The molecule has 0 unspecified atom stereocenters. The molecule has 8 nitrogen and oxygen atoms in total. The van der Waals surface area contributed by atoms with E-state index in [-0.39, 0.29) is 22.9 Å². The Labute approximate surface area is 184 Å². The van der Waals surface area contributed by atoms with Crippen LogP contribution in [-0.4, -0.2) is 47.2 Å². The summed E-state index contributed by atoms with van der Waals surface area (Å²) in [7, 11) is -8.28. The minimum atomic E-state index is -4.98. The van der Waals surface area contributed by atoms with E-state index in [0.29, 0.717) is 32.0 Å². The van der Waals surface area contributed by atoms with Crippen LogP contribution in [0.3, 0.4) is 0 Å². The molecule has 1 N–H and O–H groups in total. The maximum atomic E-state index is 13.0. The fraction of sp³-hybridized carbons (Fsp3) is 0.368.